The Morgan fingerprint density at radius 3 is 2.95 bits per heavy atom. The van der Waals surface area contributed by atoms with Crippen LogP contribution in [0.25, 0.3) is 0 Å². The number of methoxy groups -OCH3 is 1. The fourth-order valence-corrected chi connectivity index (χ4v) is 2.61. The van der Waals surface area contributed by atoms with Gasteiger partial charge in [0, 0.05) is 32.5 Å². The molecule has 1 aliphatic heterocycles. The first-order chi connectivity index (χ1) is 9.22. The van der Waals surface area contributed by atoms with Crippen LogP contribution in [0.15, 0.2) is 24.3 Å². The number of carbonyl (C=O) groups is 1. The number of carboxylic acid groups (broad SMARTS) is 1. The summed E-state index contributed by atoms with van der Waals surface area (Å²) in [5.74, 6) is -0.992. The fraction of sp³-hybridized carbons (Fsp3) is 0.533. The molecule has 1 aromatic carbocycles. The smallest absolute Gasteiger partial charge is 0.308 e. The van der Waals surface area contributed by atoms with Gasteiger partial charge in [-0.1, -0.05) is 18.2 Å². The lowest BCUT2D eigenvalue weighted by Gasteiger charge is -2.34. The zero-order valence-electron chi connectivity index (χ0n) is 11.3. The topological polar surface area (TPSA) is 49.8 Å². The molecule has 1 unspecified atom stereocenters. The Kier molecular flexibility index (Phi) is 4.80. The van der Waals surface area contributed by atoms with Crippen molar-refractivity contribution in [2.45, 2.75) is 19.3 Å². The van der Waals surface area contributed by atoms with Crippen LogP contribution in [0.4, 0.5) is 5.69 Å². The van der Waals surface area contributed by atoms with Crippen molar-refractivity contribution in [1.82, 2.24) is 0 Å². The van der Waals surface area contributed by atoms with Crippen LogP contribution in [0, 0.1) is 5.92 Å². The zero-order chi connectivity index (χ0) is 13.7. The minimum absolute atomic E-state index is 0.294. The summed E-state index contributed by atoms with van der Waals surface area (Å²) < 4.78 is 5.05. The maximum atomic E-state index is 11.2. The number of aliphatic carboxylic acids is 1. The third-order valence-electron chi connectivity index (χ3n) is 3.62. The first-order valence-corrected chi connectivity index (χ1v) is 6.77. The summed E-state index contributed by atoms with van der Waals surface area (Å²) >= 11 is 0. The van der Waals surface area contributed by atoms with Crippen molar-refractivity contribution in [3.05, 3.63) is 29.8 Å². The van der Waals surface area contributed by atoms with Crippen molar-refractivity contribution in [3.8, 4) is 0 Å². The van der Waals surface area contributed by atoms with Crippen LogP contribution in [-0.4, -0.2) is 37.9 Å². The fourth-order valence-electron chi connectivity index (χ4n) is 2.61. The first-order valence-electron chi connectivity index (χ1n) is 6.77. The lowest BCUT2D eigenvalue weighted by molar-refractivity contribution is -0.141. The molecule has 19 heavy (non-hydrogen) atoms. The molecule has 1 atom stereocenters. The zero-order valence-corrected chi connectivity index (χ0v) is 11.3. The average Bonchev–Trinajstić information content (AvgIpc) is 2.43. The van der Waals surface area contributed by atoms with E-state index in [9.17, 15) is 9.90 Å². The van der Waals surface area contributed by atoms with E-state index in [2.05, 4.69) is 11.0 Å². The van der Waals surface area contributed by atoms with Crippen molar-refractivity contribution in [1.29, 1.82) is 0 Å². The number of ether oxygens (including phenoxy) is 1. The van der Waals surface area contributed by atoms with Gasteiger partial charge in [0.05, 0.1) is 5.92 Å². The van der Waals surface area contributed by atoms with E-state index >= 15 is 0 Å². The van der Waals surface area contributed by atoms with Gasteiger partial charge in [0.25, 0.3) is 0 Å². The highest BCUT2D eigenvalue weighted by Crippen LogP contribution is 2.29. The standard InChI is InChI=1S/C15H21NO3/c1-19-9-5-4-8-16-11-13(15(17)18)10-12-6-2-3-7-14(12)16/h2-3,6-7,13H,4-5,8-11H2,1H3,(H,17,18). The van der Waals surface area contributed by atoms with Gasteiger partial charge in [-0.05, 0) is 30.9 Å². The predicted molar refractivity (Wildman–Crippen MR) is 74.6 cm³/mol. The molecule has 0 amide bonds. The number of hydrogen-bond donors (Lipinski definition) is 1. The predicted octanol–water partition coefficient (Wildman–Crippen LogP) is 2.18. The first kappa shape index (κ1) is 13.9. The number of anilines is 1. The van der Waals surface area contributed by atoms with E-state index in [1.807, 2.05) is 18.2 Å². The summed E-state index contributed by atoms with van der Waals surface area (Å²) in [7, 11) is 1.71. The monoisotopic (exact) mass is 263 g/mol. The van der Waals surface area contributed by atoms with Gasteiger partial charge in [-0.25, -0.2) is 0 Å². The van der Waals surface area contributed by atoms with Crippen molar-refractivity contribution in [2.75, 3.05) is 31.7 Å². The minimum atomic E-state index is -0.698. The maximum Gasteiger partial charge on any atom is 0.308 e. The van der Waals surface area contributed by atoms with Crippen molar-refractivity contribution >= 4 is 11.7 Å². The molecule has 4 heteroatoms. The highest BCUT2D eigenvalue weighted by molar-refractivity contribution is 5.73. The van der Waals surface area contributed by atoms with Crippen LogP contribution >= 0.6 is 0 Å². The van der Waals surface area contributed by atoms with Gasteiger partial charge in [-0.2, -0.15) is 0 Å². The average molecular weight is 263 g/mol. The molecule has 0 radical (unpaired) electrons. The van der Waals surface area contributed by atoms with Gasteiger partial charge in [-0.3, -0.25) is 4.79 Å². The molecular weight excluding hydrogens is 242 g/mol. The van der Waals surface area contributed by atoms with Crippen LogP contribution in [0.5, 0.6) is 0 Å². The Bertz CT molecular complexity index is 433. The molecule has 1 heterocycles. The van der Waals surface area contributed by atoms with E-state index in [0.717, 1.165) is 31.6 Å². The molecule has 1 N–H and O–H groups in total. The van der Waals surface area contributed by atoms with E-state index in [1.165, 1.54) is 5.69 Å². The Hall–Kier alpha value is -1.55. The van der Waals surface area contributed by atoms with Crippen LogP contribution in [-0.2, 0) is 16.0 Å². The molecule has 0 bridgehead atoms. The largest absolute Gasteiger partial charge is 0.481 e. The van der Waals surface area contributed by atoms with E-state index in [4.69, 9.17) is 4.74 Å². The molecule has 104 valence electrons. The molecule has 0 aromatic heterocycles. The summed E-state index contributed by atoms with van der Waals surface area (Å²) in [4.78, 5) is 13.4. The molecule has 1 aliphatic rings. The van der Waals surface area contributed by atoms with Crippen molar-refractivity contribution in [3.63, 3.8) is 0 Å². The Morgan fingerprint density at radius 2 is 2.21 bits per heavy atom. The molecular formula is C15H21NO3. The molecule has 0 aliphatic carbocycles. The lowest BCUT2D eigenvalue weighted by atomic mass is 9.92. The van der Waals surface area contributed by atoms with Crippen LogP contribution < -0.4 is 4.90 Å². The minimum Gasteiger partial charge on any atom is -0.481 e. The Labute approximate surface area is 114 Å². The number of nitrogens with zero attached hydrogens (tertiary/aromatic N) is 1. The van der Waals surface area contributed by atoms with Crippen molar-refractivity contribution < 1.29 is 14.6 Å². The van der Waals surface area contributed by atoms with Gasteiger partial charge >= 0.3 is 5.97 Å². The number of benzene rings is 1. The lowest BCUT2D eigenvalue weighted by Crippen LogP contribution is -2.39. The number of para-hydroxylation sites is 1. The van der Waals surface area contributed by atoms with Gasteiger partial charge in [0.1, 0.15) is 0 Å². The maximum absolute atomic E-state index is 11.2. The number of fused-ring (bicyclic) bond motifs is 1. The van der Waals surface area contributed by atoms with E-state index < -0.39 is 5.97 Å². The second-order valence-corrected chi connectivity index (χ2v) is 5.01. The molecule has 0 spiro atoms. The van der Waals surface area contributed by atoms with Gasteiger partial charge in [-0.15, -0.1) is 0 Å². The molecule has 2 rings (SSSR count). The summed E-state index contributed by atoms with van der Waals surface area (Å²) in [6.45, 7) is 2.27. The second kappa shape index (κ2) is 6.57. The number of carboxylic acids is 1. The third-order valence-corrected chi connectivity index (χ3v) is 3.62. The summed E-state index contributed by atoms with van der Waals surface area (Å²) in [6.07, 6.45) is 2.67. The van der Waals surface area contributed by atoms with Crippen molar-refractivity contribution in [2.24, 2.45) is 5.92 Å². The molecule has 1 aromatic rings. The van der Waals surface area contributed by atoms with E-state index in [1.54, 1.807) is 7.11 Å². The van der Waals surface area contributed by atoms with Crippen LogP contribution in [0.2, 0.25) is 0 Å². The van der Waals surface area contributed by atoms with Gasteiger partial charge < -0.3 is 14.7 Å². The normalized spacial score (nSPS) is 18.2. The number of rotatable bonds is 6. The molecule has 0 saturated heterocycles. The molecule has 0 fully saturated rings. The highest BCUT2D eigenvalue weighted by atomic mass is 16.5. The highest BCUT2D eigenvalue weighted by Gasteiger charge is 2.28. The summed E-state index contributed by atoms with van der Waals surface area (Å²) in [5, 5.41) is 9.24. The van der Waals surface area contributed by atoms with E-state index in [0.29, 0.717) is 13.0 Å². The quantitative estimate of drug-likeness (QED) is 0.799. The second-order valence-electron chi connectivity index (χ2n) is 5.01. The molecule has 0 saturated carbocycles. The van der Waals surface area contributed by atoms with Crippen LogP contribution in [0.3, 0.4) is 0 Å². The third kappa shape index (κ3) is 3.47. The Morgan fingerprint density at radius 1 is 1.42 bits per heavy atom. The van der Waals surface area contributed by atoms with Crippen LogP contribution in [0.1, 0.15) is 18.4 Å². The molecule has 4 nitrogen and oxygen atoms in total. The van der Waals surface area contributed by atoms with Gasteiger partial charge in [0.2, 0.25) is 0 Å². The number of hydrogen-bond acceptors (Lipinski definition) is 3. The number of unbranched alkanes of at least 4 members (excludes halogenated alkanes) is 1. The SMILES string of the molecule is COCCCCN1CC(C(=O)O)Cc2ccccc21. The van der Waals surface area contributed by atoms with Gasteiger partial charge in [0.15, 0.2) is 0 Å². The summed E-state index contributed by atoms with van der Waals surface area (Å²) in [5.41, 5.74) is 2.34. The summed E-state index contributed by atoms with van der Waals surface area (Å²) in [6, 6.07) is 8.12. The Balaban J connectivity index is 2.06. The van der Waals surface area contributed by atoms with E-state index in [-0.39, 0.29) is 5.92 Å².